The molecule has 0 spiro atoms. The smallest absolute Gasteiger partial charge is 0.408 e. The molecule has 0 saturated carbocycles. The van der Waals surface area contributed by atoms with Crippen LogP contribution >= 0.6 is 0 Å². The molecule has 0 bridgehead atoms. The Balaban J connectivity index is 2.59. The summed E-state index contributed by atoms with van der Waals surface area (Å²) in [4.78, 5) is 43.6. The molecule has 0 heterocycles. The van der Waals surface area contributed by atoms with Gasteiger partial charge in [0, 0.05) is 12.2 Å². The third-order valence-corrected chi connectivity index (χ3v) is 8.18. The number of carbonyl (C=O) groups is 3. The lowest BCUT2D eigenvalue weighted by atomic mass is 9.95. The zero-order chi connectivity index (χ0) is 32.9. The molecule has 2 N–H and O–H groups in total. The van der Waals surface area contributed by atoms with Crippen molar-refractivity contribution in [2.45, 2.75) is 131 Å². The normalized spacial score (nSPS) is 13.5. The van der Waals surface area contributed by atoms with Crippen molar-refractivity contribution >= 4 is 23.6 Å². The maximum atomic E-state index is 14.6. The average molecular weight is 608 g/mol. The summed E-state index contributed by atoms with van der Waals surface area (Å²) in [5, 5.41) is 6.04. The van der Waals surface area contributed by atoms with Crippen LogP contribution < -0.4 is 10.6 Å². The first-order valence-corrected chi connectivity index (χ1v) is 16.6. The summed E-state index contributed by atoms with van der Waals surface area (Å²) < 4.78 is 5.55. The van der Waals surface area contributed by atoms with E-state index in [2.05, 4.69) is 24.5 Å². The molecule has 244 valence electrons. The second kappa shape index (κ2) is 17.8. The summed E-state index contributed by atoms with van der Waals surface area (Å²) in [7, 11) is 0. The number of amides is 3. The van der Waals surface area contributed by atoms with Gasteiger partial charge in [-0.15, -0.1) is 0 Å². The number of nitrogens with zero attached hydrogens (tertiary/aromatic N) is 1. The molecular formula is C37H57N3O4. The van der Waals surface area contributed by atoms with Gasteiger partial charge < -0.3 is 20.3 Å². The van der Waals surface area contributed by atoms with Crippen LogP contribution in [0.3, 0.4) is 0 Å². The highest BCUT2D eigenvalue weighted by molar-refractivity contribution is 6.00. The van der Waals surface area contributed by atoms with E-state index >= 15 is 0 Å². The van der Waals surface area contributed by atoms with Crippen LogP contribution in [0.2, 0.25) is 0 Å². The molecule has 0 saturated heterocycles. The number of anilines is 1. The van der Waals surface area contributed by atoms with Gasteiger partial charge in [-0.05, 0) is 75.6 Å². The fourth-order valence-electron chi connectivity index (χ4n) is 5.34. The van der Waals surface area contributed by atoms with Crippen LogP contribution in [0, 0.1) is 19.8 Å². The summed E-state index contributed by atoms with van der Waals surface area (Å²) >= 11 is 0. The molecule has 0 aliphatic rings. The van der Waals surface area contributed by atoms with Crippen molar-refractivity contribution in [3.63, 3.8) is 0 Å². The Hall–Kier alpha value is -3.35. The highest BCUT2D eigenvalue weighted by atomic mass is 16.6. The number of hydrogen-bond donors (Lipinski definition) is 2. The second-order valence-corrected chi connectivity index (χ2v) is 13.1. The van der Waals surface area contributed by atoms with Crippen molar-refractivity contribution < 1.29 is 19.1 Å². The molecule has 2 aromatic carbocycles. The second-order valence-electron chi connectivity index (χ2n) is 13.1. The van der Waals surface area contributed by atoms with Crippen LogP contribution in [0.1, 0.15) is 122 Å². The SMILES string of the molecule is CCCCCCCCN(C(=O)C(NC(=O)OC(C)(C)C)C(C)CC)C(C(=O)Nc1c(C)cccc1C)c1ccc(CC)cc1. The summed E-state index contributed by atoms with van der Waals surface area (Å²) in [6.07, 6.45) is 7.18. The number of carbonyl (C=O) groups excluding carboxylic acids is 3. The monoisotopic (exact) mass is 607 g/mol. The van der Waals surface area contributed by atoms with Gasteiger partial charge in [-0.3, -0.25) is 9.59 Å². The van der Waals surface area contributed by atoms with Gasteiger partial charge >= 0.3 is 6.09 Å². The molecule has 2 aromatic rings. The van der Waals surface area contributed by atoms with E-state index in [0.29, 0.717) is 13.0 Å². The molecule has 0 fully saturated rings. The topological polar surface area (TPSA) is 87.7 Å². The number of ether oxygens (including phenoxy) is 1. The van der Waals surface area contributed by atoms with Crippen molar-refractivity contribution in [3.8, 4) is 0 Å². The number of aryl methyl sites for hydroxylation is 3. The first kappa shape index (κ1) is 36.8. The summed E-state index contributed by atoms with van der Waals surface area (Å²) in [6.45, 7) is 18.0. The summed E-state index contributed by atoms with van der Waals surface area (Å²) in [5.41, 5.74) is 3.85. The van der Waals surface area contributed by atoms with E-state index in [0.717, 1.165) is 66.5 Å². The lowest BCUT2D eigenvalue weighted by molar-refractivity contribution is -0.142. The van der Waals surface area contributed by atoms with Crippen molar-refractivity contribution in [1.29, 1.82) is 0 Å². The van der Waals surface area contributed by atoms with Crippen LogP contribution in [0.4, 0.5) is 10.5 Å². The lowest BCUT2D eigenvalue weighted by Gasteiger charge is -2.36. The van der Waals surface area contributed by atoms with Gasteiger partial charge in [-0.25, -0.2) is 4.79 Å². The molecule has 3 unspecified atom stereocenters. The molecule has 7 nitrogen and oxygen atoms in total. The Morgan fingerprint density at radius 2 is 1.45 bits per heavy atom. The van der Waals surface area contributed by atoms with Crippen molar-refractivity contribution in [2.24, 2.45) is 5.92 Å². The number of rotatable bonds is 16. The van der Waals surface area contributed by atoms with Gasteiger partial charge in [0.1, 0.15) is 17.7 Å². The molecular weight excluding hydrogens is 550 g/mol. The zero-order valence-corrected chi connectivity index (χ0v) is 28.7. The molecule has 3 amide bonds. The molecule has 3 atom stereocenters. The Bertz CT molecular complexity index is 1180. The van der Waals surface area contributed by atoms with Crippen LogP contribution in [0.15, 0.2) is 42.5 Å². The van der Waals surface area contributed by atoms with Crippen LogP contribution in [0.5, 0.6) is 0 Å². The van der Waals surface area contributed by atoms with E-state index in [1.165, 1.54) is 6.42 Å². The third kappa shape index (κ3) is 11.3. The highest BCUT2D eigenvalue weighted by Gasteiger charge is 2.38. The van der Waals surface area contributed by atoms with E-state index in [9.17, 15) is 14.4 Å². The standard InChI is InChI=1S/C37H57N3O4/c1-10-13-14-15-16-17-25-40(35(42)32(26(4)11-2)39-36(43)44-37(7,8)9)33(30-23-21-29(12-3)22-24-30)34(41)38-31-27(5)19-18-20-28(31)6/h18-24,26,32-33H,10-17,25H2,1-9H3,(H,38,41)(H,39,43). The van der Waals surface area contributed by atoms with Crippen molar-refractivity contribution in [3.05, 3.63) is 64.7 Å². The van der Waals surface area contributed by atoms with Gasteiger partial charge in [-0.2, -0.15) is 0 Å². The minimum Gasteiger partial charge on any atom is -0.444 e. The molecule has 0 radical (unpaired) electrons. The minimum absolute atomic E-state index is 0.174. The van der Waals surface area contributed by atoms with Gasteiger partial charge in [-0.1, -0.05) is 109 Å². The van der Waals surface area contributed by atoms with E-state index in [-0.39, 0.29) is 17.7 Å². The fraction of sp³-hybridized carbons (Fsp3) is 0.595. The van der Waals surface area contributed by atoms with Crippen LogP contribution in [-0.2, 0) is 20.7 Å². The average Bonchev–Trinajstić information content (AvgIpc) is 2.97. The number of unbranched alkanes of at least 4 members (excludes halogenated alkanes) is 5. The lowest BCUT2D eigenvalue weighted by Crippen LogP contribution is -2.55. The Morgan fingerprint density at radius 3 is 2.00 bits per heavy atom. The van der Waals surface area contributed by atoms with Crippen LogP contribution in [0.25, 0.3) is 0 Å². The molecule has 44 heavy (non-hydrogen) atoms. The van der Waals surface area contributed by atoms with Gasteiger partial charge in [0.2, 0.25) is 5.91 Å². The highest BCUT2D eigenvalue weighted by Crippen LogP contribution is 2.29. The van der Waals surface area contributed by atoms with E-state index in [4.69, 9.17) is 4.74 Å². The Morgan fingerprint density at radius 1 is 0.864 bits per heavy atom. The minimum atomic E-state index is -0.880. The number of alkyl carbamates (subject to hydrolysis) is 1. The van der Waals surface area contributed by atoms with Crippen molar-refractivity contribution in [2.75, 3.05) is 11.9 Å². The molecule has 7 heteroatoms. The van der Waals surface area contributed by atoms with Gasteiger partial charge in [0.05, 0.1) is 0 Å². The molecule has 0 aliphatic carbocycles. The number of para-hydroxylation sites is 1. The molecule has 2 rings (SSSR count). The predicted molar refractivity (Wildman–Crippen MR) is 181 cm³/mol. The number of hydrogen-bond acceptors (Lipinski definition) is 4. The third-order valence-electron chi connectivity index (χ3n) is 8.18. The molecule has 0 aromatic heterocycles. The Kier molecular flexibility index (Phi) is 14.9. The fourth-order valence-corrected chi connectivity index (χ4v) is 5.34. The quantitative estimate of drug-likeness (QED) is 0.187. The largest absolute Gasteiger partial charge is 0.444 e. The van der Waals surface area contributed by atoms with Gasteiger partial charge in [0.15, 0.2) is 0 Å². The predicted octanol–water partition coefficient (Wildman–Crippen LogP) is 8.67. The number of nitrogens with one attached hydrogen (secondary N) is 2. The Labute approximate surface area is 266 Å². The first-order chi connectivity index (χ1) is 20.8. The maximum absolute atomic E-state index is 14.6. The summed E-state index contributed by atoms with van der Waals surface area (Å²) in [5.74, 6) is -0.724. The number of benzene rings is 2. The van der Waals surface area contributed by atoms with Crippen molar-refractivity contribution in [1.82, 2.24) is 10.2 Å². The van der Waals surface area contributed by atoms with E-state index in [1.807, 2.05) is 70.2 Å². The zero-order valence-electron chi connectivity index (χ0n) is 28.7. The van der Waals surface area contributed by atoms with Gasteiger partial charge in [0.25, 0.3) is 5.91 Å². The summed E-state index contributed by atoms with van der Waals surface area (Å²) in [6, 6.07) is 12.1. The van der Waals surface area contributed by atoms with E-state index in [1.54, 1.807) is 25.7 Å². The van der Waals surface area contributed by atoms with Crippen LogP contribution in [-0.4, -0.2) is 41.0 Å². The maximum Gasteiger partial charge on any atom is 0.408 e. The molecule has 0 aliphatic heterocycles. The van der Waals surface area contributed by atoms with E-state index < -0.39 is 23.8 Å². The first-order valence-electron chi connectivity index (χ1n) is 16.6.